The van der Waals surface area contributed by atoms with Gasteiger partial charge in [0.1, 0.15) is 12.1 Å². The van der Waals surface area contributed by atoms with Gasteiger partial charge in [-0.1, -0.05) is 41.9 Å². The third-order valence-electron chi connectivity index (χ3n) is 5.56. The molecular formula is C21H17ClF3N3O3. The lowest BCUT2D eigenvalue weighted by molar-refractivity contribution is -0.137. The van der Waals surface area contributed by atoms with Gasteiger partial charge in [0.2, 0.25) is 5.91 Å². The molecule has 4 amide bonds. The average Bonchev–Trinajstić information content (AvgIpc) is 2.92. The zero-order valence-corrected chi connectivity index (χ0v) is 16.8. The summed E-state index contributed by atoms with van der Waals surface area (Å²) in [6.45, 7) is -0.726. The number of imide groups is 1. The Morgan fingerprint density at radius 2 is 1.84 bits per heavy atom. The average molecular weight is 452 g/mol. The van der Waals surface area contributed by atoms with Gasteiger partial charge in [-0.15, -0.1) is 0 Å². The molecule has 2 N–H and O–H groups in total. The summed E-state index contributed by atoms with van der Waals surface area (Å²) in [5, 5.41) is 4.47. The first kappa shape index (κ1) is 21.2. The number of fused-ring (bicyclic) bond motifs is 1. The van der Waals surface area contributed by atoms with Gasteiger partial charge in [-0.05, 0) is 36.1 Å². The molecule has 2 aromatic carbocycles. The van der Waals surface area contributed by atoms with Gasteiger partial charge >= 0.3 is 12.2 Å². The van der Waals surface area contributed by atoms with Gasteiger partial charge in [0.05, 0.1) is 16.3 Å². The van der Waals surface area contributed by atoms with E-state index in [1.807, 2.05) is 24.3 Å². The van der Waals surface area contributed by atoms with E-state index in [4.69, 9.17) is 11.6 Å². The van der Waals surface area contributed by atoms with Crippen molar-refractivity contribution in [2.45, 2.75) is 31.0 Å². The molecule has 0 bridgehead atoms. The van der Waals surface area contributed by atoms with Gasteiger partial charge in [0.15, 0.2) is 0 Å². The van der Waals surface area contributed by atoms with Crippen molar-refractivity contribution in [1.29, 1.82) is 0 Å². The second-order valence-corrected chi connectivity index (χ2v) is 7.96. The Hall–Kier alpha value is -3.07. The number of aryl methyl sites for hydroxylation is 1. The minimum atomic E-state index is -4.74. The van der Waals surface area contributed by atoms with Crippen LogP contribution in [-0.4, -0.2) is 34.8 Å². The second-order valence-electron chi connectivity index (χ2n) is 7.56. The molecule has 1 saturated heterocycles. The Morgan fingerprint density at radius 3 is 2.55 bits per heavy atom. The van der Waals surface area contributed by atoms with Crippen molar-refractivity contribution < 1.29 is 27.6 Å². The highest BCUT2D eigenvalue weighted by molar-refractivity contribution is 6.34. The number of alkyl halides is 3. The van der Waals surface area contributed by atoms with Crippen molar-refractivity contribution in [2.24, 2.45) is 0 Å². The molecule has 1 aliphatic heterocycles. The first-order valence-corrected chi connectivity index (χ1v) is 9.85. The summed E-state index contributed by atoms with van der Waals surface area (Å²) < 4.78 is 39.7. The number of hydrogen-bond acceptors (Lipinski definition) is 3. The summed E-state index contributed by atoms with van der Waals surface area (Å²) in [5.41, 5.74) is -0.877. The van der Waals surface area contributed by atoms with Gasteiger partial charge in [0, 0.05) is 6.42 Å². The summed E-state index contributed by atoms with van der Waals surface area (Å²) in [6, 6.07) is 9.91. The Balaban J connectivity index is 1.52. The third-order valence-corrected chi connectivity index (χ3v) is 5.88. The van der Waals surface area contributed by atoms with Crippen LogP contribution in [0.25, 0.3) is 0 Å². The number of carbonyl (C=O) groups excluding carboxylic acids is 3. The van der Waals surface area contributed by atoms with Gasteiger partial charge in [0.25, 0.3) is 5.91 Å². The van der Waals surface area contributed by atoms with Crippen LogP contribution in [0.4, 0.5) is 23.7 Å². The summed E-state index contributed by atoms with van der Waals surface area (Å²) >= 11 is 5.84. The number of nitrogens with one attached hydrogen (secondary N) is 2. The minimum Gasteiger partial charge on any atom is -0.323 e. The van der Waals surface area contributed by atoms with Crippen molar-refractivity contribution >= 4 is 35.1 Å². The van der Waals surface area contributed by atoms with E-state index >= 15 is 0 Å². The van der Waals surface area contributed by atoms with Crippen LogP contribution >= 0.6 is 11.6 Å². The molecule has 10 heteroatoms. The molecule has 0 aromatic heterocycles. The second kappa shape index (κ2) is 7.56. The van der Waals surface area contributed by atoms with E-state index in [1.165, 1.54) is 6.07 Å². The molecule has 1 atom stereocenters. The van der Waals surface area contributed by atoms with E-state index in [9.17, 15) is 27.6 Å². The maximum atomic E-state index is 13.2. The molecule has 0 unspecified atom stereocenters. The number of nitrogens with zero attached hydrogens (tertiary/aromatic N) is 1. The van der Waals surface area contributed by atoms with Gasteiger partial charge in [-0.3, -0.25) is 14.5 Å². The van der Waals surface area contributed by atoms with Crippen molar-refractivity contribution in [2.75, 3.05) is 11.9 Å². The first-order chi connectivity index (χ1) is 14.6. The Kier molecular flexibility index (Phi) is 5.17. The predicted molar refractivity (Wildman–Crippen MR) is 107 cm³/mol. The van der Waals surface area contributed by atoms with Crippen molar-refractivity contribution in [3.63, 3.8) is 0 Å². The quantitative estimate of drug-likeness (QED) is 0.697. The number of amides is 4. The maximum absolute atomic E-state index is 13.2. The molecule has 0 radical (unpaired) electrons. The van der Waals surface area contributed by atoms with Crippen molar-refractivity contribution in [1.82, 2.24) is 10.2 Å². The summed E-state index contributed by atoms with van der Waals surface area (Å²) in [4.78, 5) is 38.7. The highest BCUT2D eigenvalue weighted by Crippen LogP contribution is 2.38. The van der Waals surface area contributed by atoms with Crippen LogP contribution < -0.4 is 10.6 Å². The first-order valence-electron chi connectivity index (χ1n) is 9.47. The summed E-state index contributed by atoms with van der Waals surface area (Å²) in [7, 11) is 0. The number of rotatable bonds is 3. The standard InChI is InChI=1S/C21H17ClF3N3O3/c22-15-7-3-6-14(21(23,24)25)17(15)26-16(29)11-28-18(30)20(27-19(28)31)9-8-12-4-1-2-5-13(12)10-20/h1-7H,8-11H2,(H,26,29)(H,27,31)/t20-/m0/s1. The van der Waals surface area contributed by atoms with Crippen LogP contribution in [0.3, 0.4) is 0 Å². The van der Waals surface area contributed by atoms with E-state index in [-0.39, 0.29) is 11.4 Å². The van der Waals surface area contributed by atoms with Crippen LogP contribution in [0, 0.1) is 0 Å². The lowest BCUT2D eigenvalue weighted by Gasteiger charge is -2.32. The van der Waals surface area contributed by atoms with Crippen LogP contribution in [0.15, 0.2) is 42.5 Å². The molecule has 2 aromatic rings. The predicted octanol–water partition coefficient (Wildman–Crippen LogP) is 3.78. The molecule has 1 aliphatic carbocycles. The zero-order valence-electron chi connectivity index (χ0n) is 16.1. The minimum absolute atomic E-state index is 0.286. The highest BCUT2D eigenvalue weighted by Gasteiger charge is 2.52. The largest absolute Gasteiger partial charge is 0.418 e. The molecule has 162 valence electrons. The number of halogens is 4. The van der Waals surface area contributed by atoms with Gasteiger partial charge in [-0.2, -0.15) is 13.2 Å². The lowest BCUT2D eigenvalue weighted by Crippen LogP contribution is -2.51. The number of para-hydroxylation sites is 1. The Bertz CT molecular complexity index is 1090. The Labute approximate surface area is 180 Å². The van der Waals surface area contributed by atoms with Crippen LogP contribution in [0.5, 0.6) is 0 Å². The SMILES string of the molecule is O=C(CN1C(=O)N[C@]2(CCc3ccccc3C2)C1=O)Nc1c(Cl)cccc1C(F)(F)F. The number of benzene rings is 2. The number of carbonyl (C=O) groups is 3. The fraction of sp³-hybridized carbons (Fsp3) is 0.286. The molecule has 6 nitrogen and oxygen atoms in total. The van der Waals surface area contributed by atoms with Crippen LogP contribution in [0.2, 0.25) is 5.02 Å². The highest BCUT2D eigenvalue weighted by atomic mass is 35.5. The maximum Gasteiger partial charge on any atom is 0.418 e. The monoisotopic (exact) mass is 451 g/mol. The van der Waals surface area contributed by atoms with Crippen molar-refractivity contribution in [3.05, 3.63) is 64.2 Å². The topological polar surface area (TPSA) is 78.5 Å². The molecule has 1 heterocycles. The fourth-order valence-electron chi connectivity index (χ4n) is 4.05. The van der Waals surface area contributed by atoms with Crippen LogP contribution in [0.1, 0.15) is 23.1 Å². The summed E-state index contributed by atoms with van der Waals surface area (Å²) in [5.74, 6) is -1.53. The molecule has 1 spiro atoms. The molecule has 31 heavy (non-hydrogen) atoms. The van der Waals surface area contributed by atoms with E-state index in [0.29, 0.717) is 12.8 Å². The molecule has 1 fully saturated rings. The normalized spacial score (nSPS) is 20.6. The van der Waals surface area contributed by atoms with E-state index in [0.717, 1.165) is 28.2 Å². The lowest BCUT2D eigenvalue weighted by atomic mass is 9.78. The number of urea groups is 1. The fourth-order valence-corrected chi connectivity index (χ4v) is 4.28. The van der Waals surface area contributed by atoms with Gasteiger partial charge < -0.3 is 10.6 Å². The third kappa shape index (κ3) is 3.85. The van der Waals surface area contributed by atoms with Crippen LogP contribution in [-0.2, 0) is 28.6 Å². The summed E-state index contributed by atoms with van der Waals surface area (Å²) in [6.07, 6.45) is -3.51. The zero-order chi connectivity index (χ0) is 22.4. The number of hydrogen-bond donors (Lipinski definition) is 2. The molecule has 0 saturated carbocycles. The molecule has 2 aliphatic rings. The molecule has 4 rings (SSSR count). The Morgan fingerprint density at radius 1 is 1.13 bits per heavy atom. The number of anilines is 1. The van der Waals surface area contributed by atoms with Gasteiger partial charge in [-0.25, -0.2) is 4.79 Å². The van der Waals surface area contributed by atoms with E-state index < -0.39 is 47.4 Å². The van der Waals surface area contributed by atoms with Crippen molar-refractivity contribution in [3.8, 4) is 0 Å². The van der Waals surface area contributed by atoms with E-state index in [2.05, 4.69) is 10.6 Å². The van der Waals surface area contributed by atoms with E-state index in [1.54, 1.807) is 0 Å². The molecular weight excluding hydrogens is 435 g/mol. The smallest absolute Gasteiger partial charge is 0.323 e.